The van der Waals surface area contributed by atoms with Crippen LogP contribution in [0.25, 0.3) is 0 Å². The maximum Gasteiger partial charge on any atom is 0.169 e. The summed E-state index contributed by atoms with van der Waals surface area (Å²) in [5.41, 5.74) is 0. The van der Waals surface area contributed by atoms with Crippen molar-refractivity contribution in [2.24, 2.45) is 0 Å². The molecule has 0 bridgehead atoms. The molecule has 0 aliphatic carbocycles. The van der Waals surface area contributed by atoms with Gasteiger partial charge in [-0.05, 0) is 32.9 Å². The van der Waals surface area contributed by atoms with Crippen molar-refractivity contribution in [1.29, 1.82) is 0 Å². The minimum absolute atomic E-state index is 0.165. The predicted octanol–water partition coefficient (Wildman–Crippen LogP) is 2.33. The van der Waals surface area contributed by atoms with Crippen LogP contribution in [-0.2, 0) is 9.47 Å². The maximum absolute atomic E-state index is 5.43. The van der Waals surface area contributed by atoms with Crippen molar-refractivity contribution in [1.82, 2.24) is 5.32 Å². The predicted molar refractivity (Wildman–Crippen MR) is 62.2 cm³/mol. The van der Waals surface area contributed by atoms with Crippen molar-refractivity contribution in [3.63, 3.8) is 0 Å². The van der Waals surface area contributed by atoms with E-state index in [4.69, 9.17) is 13.9 Å². The fraction of sp³-hybridized carbons (Fsp3) is 0.667. The Kier molecular flexibility index (Phi) is 6.15. The third-order valence-electron chi connectivity index (χ3n) is 2.27. The third kappa shape index (κ3) is 4.35. The molecule has 1 N–H and O–H groups in total. The summed E-state index contributed by atoms with van der Waals surface area (Å²) in [5, 5.41) is 3.31. The molecule has 0 spiro atoms. The lowest BCUT2D eigenvalue weighted by atomic mass is 10.2. The Bertz CT molecular complexity index is 255. The van der Waals surface area contributed by atoms with Crippen molar-refractivity contribution in [3.05, 3.63) is 24.2 Å². The summed E-state index contributed by atoms with van der Waals surface area (Å²) in [6, 6.07) is 4.00. The van der Waals surface area contributed by atoms with E-state index in [9.17, 15) is 0 Å². The van der Waals surface area contributed by atoms with E-state index in [1.165, 1.54) is 0 Å². The van der Waals surface area contributed by atoms with Crippen LogP contribution in [0.2, 0.25) is 0 Å². The van der Waals surface area contributed by atoms with Crippen LogP contribution < -0.4 is 5.32 Å². The lowest BCUT2D eigenvalue weighted by Crippen LogP contribution is -2.33. The smallest absolute Gasteiger partial charge is 0.169 e. The number of ether oxygens (including phenoxy) is 2. The van der Waals surface area contributed by atoms with Crippen LogP contribution in [-0.4, -0.2) is 26.0 Å². The highest BCUT2D eigenvalue weighted by molar-refractivity contribution is 5.02. The van der Waals surface area contributed by atoms with Gasteiger partial charge in [0, 0.05) is 19.8 Å². The quantitative estimate of drug-likeness (QED) is 0.692. The zero-order chi connectivity index (χ0) is 11.8. The first-order chi connectivity index (χ1) is 7.77. The molecular weight excluding hydrogens is 206 g/mol. The van der Waals surface area contributed by atoms with E-state index in [-0.39, 0.29) is 12.3 Å². The van der Waals surface area contributed by atoms with Crippen LogP contribution in [0.5, 0.6) is 0 Å². The average molecular weight is 227 g/mol. The molecule has 1 heterocycles. The second-order valence-corrected chi connectivity index (χ2v) is 3.49. The number of hydrogen-bond acceptors (Lipinski definition) is 4. The lowest BCUT2D eigenvalue weighted by molar-refractivity contribution is -0.133. The van der Waals surface area contributed by atoms with Gasteiger partial charge < -0.3 is 19.2 Å². The number of furan rings is 1. The summed E-state index contributed by atoms with van der Waals surface area (Å²) >= 11 is 0. The number of hydrogen-bond donors (Lipinski definition) is 1. The van der Waals surface area contributed by atoms with Crippen LogP contribution in [0.1, 0.15) is 32.6 Å². The summed E-state index contributed by atoms with van der Waals surface area (Å²) in [6.45, 7) is 7.93. The molecule has 4 nitrogen and oxygen atoms in total. The Labute approximate surface area is 96.9 Å². The van der Waals surface area contributed by atoms with E-state index in [2.05, 4.69) is 5.32 Å². The lowest BCUT2D eigenvalue weighted by Gasteiger charge is -2.19. The summed E-state index contributed by atoms with van der Waals surface area (Å²) < 4.78 is 16.2. The SMILES string of the molecule is CCOC(CNC(C)c1ccco1)OCC. The van der Waals surface area contributed by atoms with Crippen LogP contribution in [0.3, 0.4) is 0 Å². The van der Waals surface area contributed by atoms with Gasteiger partial charge in [0.2, 0.25) is 0 Å². The molecule has 0 saturated carbocycles. The van der Waals surface area contributed by atoms with E-state index in [0.29, 0.717) is 19.8 Å². The normalized spacial score (nSPS) is 13.2. The molecule has 1 atom stereocenters. The van der Waals surface area contributed by atoms with Gasteiger partial charge >= 0.3 is 0 Å². The highest BCUT2D eigenvalue weighted by Gasteiger charge is 2.12. The van der Waals surface area contributed by atoms with E-state index in [1.54, 1.807) is 6.26 Å². The number of rotatable bonds is 8. The fourth-order valence-electron chi connectivity index (χ4n) is 1.45. The fourth-order valence-corrected chi connectivity index (χ4v) is 1.45. The second kappa shape index (κ2) is 7.44. The van der Waals surface area contributed by atoms with Crippen LogP contribution in [0.15, 0.2) is 22.8 Å². The molecular formula is C12H21NO3. The Hall–Kier alpha value is -0.840. The Morgan fingerprint density at radius 1 is 1.31 bits per heavy atom. The maximum atomic E-state index is 5.43. The highest BCUT2D eigenvalue weighted by atomic mass is 16.7. The molecule has 0 fully saturated rings. The van der Waals surface area contributed by atoms with Gasteiger partial charge in [0.1, 0.15) is 5.76 Å². The van der Waals surface area contributed by atoms with Crippen LogP contribution in [0, 0.1) is 0 Å². The zero-order valence-corrected chi connectivity index (χ0v) is 10.2. The molecule has 1 aromatic rings. The van der Waals surface area contributed by atoms with E-state index in [0.717, 1.165) is 5.76 Å². The first kappa shape index (κ1) is 13.2. The topological polar surface area (TPSA) is 43.6 Å². The van der Waals surface area contributed by atoms with Gasteiger partial charge in [0.15, 0.2) is 6.29 Å². The van der Waals surface area contributed by atoms with E-state index < -0.39 is 0 Å². The van der Waals surface area contributed by atoms with E-state index >= 15 is 0 Å². The molecule has 0 aliphatic heterocycles. The molecule has 92 valence electrons. The molecule has 0 radical (unpaired) electrons. The molecule has 0 amide bonds. The van der Waals surface area contributed by atoms with Crippen molar-refractivity contribution in [2.75, 3.05) is 19.8 Å². The third-order valence-corrected chi connectivity index (χ3v) is 2.27. The highest BCUT2D eigenvalue weighted by Crippen LogP contribution is 2.12. The monoisotopic (exact) mass is 227 g/mol. The molecule has 1 rings (SSSR count). The van der Waals surface area contributed by atoms with Gasteiger partial charge in [-0.2, -0.15) is 0 Å². The summed E-state index contributed by atoms with van der Waals surface area (Å²) in [7, 11) is 0. The molecule has 4 heteroatoms. The molecule has 0 saturated heterocycles. The largest absolute Gasteiger partial charge is 0.468 e. The van der Waals surface area contributed by atoms with Gasteiger partial charge in [-0.25, -0.2) is 0 Å². The minimum atomic E-state index is -0.188. The van der Waals surface area contributed by atoms with Crippen LogP contribution >= 0.6 is 0 Å². The average Bonchev–Trinajstić information content (AvgIpc) is 2.79. The van der Waals surface area contributed by atoms with Crippen LogP contribution in [0.4, 0.5) is 0 Å². The van der Waals surface area contributed by atoms with Gasteiger partial charge in [-0.15, -0.1) is 0 Å². The molecule has 1 unspecified atom stereocenters. The molecule has 1 aromatic heterocycles. The summed E-state index contributed by atoms with van der Waals surface area (Å²) in [6.07, 6.45) is 1.49. The Morgan fingerprint density at radius 3 is 2.50 bits per heavy atom. The minimum Gasteiger partial charge on any atom is -0.468 e. The molecule has 0 aromatic carbocycles. The van der Waals surface area contributed by atoms with Crippen molar-refractivity contribution >= 4 is 0 Å². The molecule has 0 aliphatic rings. The van der Waals surface area contributed by atoms with Crippen molar-refractivity contribution in [3.8, 4) is 0 Å². The van der Waals surface area contributed by atoms with Gasteiger partial charge in [-0.3, -0.25) is 0 Å². The van der Waals surface area contributed by atoms with Crippen molar-refractivity contribution in [2.45, 2.75) is 33.1 Å². The standard InChI is InChI=1S/C12H21NO3/c1-4-14-12(15-5-2)9-13-10(3)11-7-6-8-16-11/h6-8,10,12-13H,4-5,9H2,1-3H3. The van der Waals surface area contributed by atoms with Crippen molar-refractivity contribution < 1.29 is 13.9 Å². The first-order valence-corrected chi connectivity index (χ1v) is 5.77. The number of nitrogens with one attached hydrogen (secondary N) is 1. The van der Waals surface area contributed by atoms with Gasteiger partial charge in [0.25, 0.3) is 0 Å². The Balaban J connectivity index is 2.30. The van der Waals surface area contributed by atoms with Gasteiger partial charge in [0.05, 0.1) is 12.3 Å². The Morgan fingerprint density at radius 2 is 2.00 bits per heavy atom. The van der Waals surface area contributed by atoms with E-state index in [1.807, 2.05) is 32.9 Å². The molecule has 16 heavy (non-hydrogen) atoms. The van der Waals surface area contributed by atoms with Gasteiger partial charge in [-0.1, -0.05) is 0 Å². The first-order valence-electron chi connectivity index (χ1n) is 5.77. The zero-order valence-electron chi connectivity index (χ0n) is 10.2. The second-order valence-electron chi connectivity index (χ2n) is 3.49. The summed E-state index contributed by atoms with van der Waals surface area (Å²) in [5.74, 6) is 0.923. The summed E-state index contributed by atoms with van der Waals surface area (Å²) in [4.78, 5) is 0.